The second-order valence-electron chi connectivity index (χ2n) is 6.67. The molecule has 0 aliphatic heterocycles. The highest BCUT2D eigenvalue weighted by Crippen LogP contribution is 2.47. The fourth-order valence-electron chi connectivity index (χ4n) is 3.10. The molecule has 0 bridgehead atoms. The number of nitrogens with zero attached hydrogens (tertiary/aromatic N) is 2. The second kappa shape index (κ2) is 8.11. The zero-order valence-electron chi connectivity index (χ0n) is 14.6. The van der Waals surface area contributed by atoms with Gasteiger partial charge < -0.3 is 9.47 Å². The van der Waals surface area contributed by atoms with Gasteiger partial charge in [-0.05, 0) is 47.6 Å². The number of benzene rings is 1. The first-order chi connectivity index (χ1) is 12.9. The minimum absolute atomic E-state index is 0.520. The third-order valence-electron chi connectivity index (χ3n) is 4.64. The van der Waals surface area contributed by atoms with Gasteiger partial charge in [0, 0.05) is 12.4 Å². The molecular formula is C22H22N2O2. The number of rotatable bonds is 8. The van der Waals surface area contributed by atoms with Gasteiger partial charge >= 0.3 is 0 Å². The molecule has 1 aliphatic carbocycles. The minimum atomic E-state index is 0.520. The summed E-state index contributed by atoms with van der Waals surface area (Å²) in [5.41, 5.74) is 3.37. The lowest BCUT2D eigenvalue weighted by molar-refractivity contribution is 0.107. The fraction of sp³-hybridized carbons (Fsp3) is 0.273. The summed E-state index contributed by atoms with van der Waals surface area (Å²) in [4.78, 5) is 8.62. The van der Waals surface area contributed by atoms with Crippen molar-refractivity contribution in [1.82, 2.24) is 9.97 Å². The van der Waals surface area contributed by atoms with Crippen molar-refractivity contribution in [3.63, 3.8) is 0 Å². The van der Waals surface area contributed by atoms with E-state index in [4.69, 9.17) is 9.47 Å². The molecule has 1 aromatic carbocycles. The topological polar surface area (TPSA) is 44.2 Å². The highest BCUT2D eigenvalue weighted by molar-refractivity contribution is 5.30. The van der Waals surface area contributed by atoms with Gasteiger partial charge in [-0.2, -0.15) is 0 Å². The first-order valence-corrected chi connectivity index (χ1v) is 8.98. The van der Waals surface area contributed by atoms with Crippen molar-refractivity contribution in [1.29, 1.82) is 0 Å². The van der Waals surface area contributed by atoms with Crippen LogP contribution in [0, 0.1) is 5.92 Å². The van der Waals surface area contributed by atoms with Crippen molar-refractivity contribution in [2.24, 2.45) is 5.92 Å². The Bertz CT molecular complexity index is 824. The predicted octanol–water partition coefficient (Wildman–Crippen LogP) is 4.38. The standard InChI is InChI=1S/C22H22N2O2/c1-2-6-17(7-3-1)14-26-21-10-18(12-23-13-21)22-11-19(22)15-25-16-20-8-4-5-9-24-20/h1-10,12-13,19,22H,11,14-16H2/t19-,22+/m0/s1. The average Bonchev–Trinajstić information content (AvgIpc) is 3.48. The molecule has 0 saturated heterocycles. The largest absolute Gasteiger partial charge is 0.487 e. The molecule has 2 aromatic heterocycles. The van der Waals surface area contributed by atoms with E-state index in [0.717, 1.165) is 30.0 Å². The molecule has 0 amide bonds. The van der Waals surface area contributed by atoms with E-state index in [9.17, 15) is 0 Å². The molecule has 2 heterocycles. The Morgan fingerprint density at radius 3 is 2.69 bits per heavy atom. The van der Waals surface area contributed by atoms with Crippen LogP contribution in [0.4, 0.5) is 0 Å². The Hall–Kier alpha value is -2.72. The minimum Gasteiger partial charge on any atom is -0.487 e. The van der Waals surface area contributed by atoms with Crippen molar-refractivity contribution in [2.75, 3.05) is 6.61 Å². The van der Waals surface area contributed by atoms with Crippen molar-refractivity contribution in [3.05, 3.63) is 90.0 Å². The molecule has 1 fully saturated rings. The Balaban J connectivity index is 1.26. The summed E-state index contributed by atoms with van der Waals surface area (Å²) in [5, 5.41) is 0. The molecule has 4 rings (SSSR count). The maximum absolute atomic E-state index is 5.88. The molecular weight excluding hydrogens is 324 g/mol. The molecule has 0 N–H and O–H groups in total. The van der Waals surface area contributed by atoms with Crippen LogP contribution in [0.3, 0.4) is 0 Å². The monoisotopic (exact) mass is 346 g/mol. The predicted molar refractivity (Wildman–Crippen MR) is 99.8 cm³/mol. The van der Waals surface area contributed by atoms with Gasteiger partial charge in [0.2, 0.25) is 0 Å². The van der Waals surface area contributed by atoms with E-state index in [2.05, 4.69) is 28.2 Å². The third-order valence-corrected chi connectivity index (χ3v) is 4.64. The fourth-order valence-corrected chi connectivity index (χ4v) is 3.10. The van der Waals surface area contributed by atoms with Crippen LogP contribution >= 0.6 is 0 Å². The summed E-state index contributed by atoms with van der Waals surface area (Å²) in [7, 11) is 0. The molecule has 4 nitrogen and oxygen atoms in total. The zero-order valence-corrected chi connectivity index (χ0v) is 14.6. The van der Waals surface area contributed by atoms with Gasteiger partial charge in [-0.1, -0.05) is 36.4 Å². The molecule has 26 heavy (non-hydrogen) atoms. The Morgan fingerprint density at radius 1 is 0.962 bits per heavy atom. The van der Waals surface area contributed by atoms with E-state index < -0.39 is 0 Å². The molecule has 132 valence electrons. The lowest BCUT2D eigenvalue weighted by Gasteiger charge is -2.08. The van der Waals surface area contributed by atoms with Crippen LogP contribution in [0.5, 0.6) is 5.75 Å². The van der Waals surface area contributed by atoms with Crippen LogP contribution in [0.2, 0.25) is 0 Å². The van der Waals surface area contributed by atoms with Crippen molar-refractivity contribution < 1.29 is 9.47 Å². The molecule has 0 radical (unpaired) electrons. The molecule has 1 aliphatic rings. The number of hydrogen-bond donors (Lipinski definition) is 0. The lowest BCUT2D eigenvalue weighted by Crippen LogP contribution is -2.00. The molecule has 0 unspecified atom stereocenters. The van der Waals surface area contributed by atoms with Gasteiger partial charge in [0.15, 0.2) is 0 Å². The SMILES string of the molecule is c1ccc(COc2cncc([C@H]3C[C@H]3COCc3ccccn3)c2)cc1. The Labute approximate surface area is 153 Å². The lowest BCUT2D eigenvalue weighted by atomic mass is 10.1. The van der Waals surface area contributed by atoms with E-state index in [1.54, 1.807) is 12.4 Å². The van der Waals surface area contributed by atoms with E-state index in [1.165, 1.54) is 5.56 Å². The van der Waals surface area contributed by atoms with E-state index in [0.29, 0.717) is 25.0 Å². The highest BCUT2D eigenvalue weighted by atomic mass is 16.5. The second-order valence-corrected chi connectivity index (χ2v) is 6.67. The number of ether oxygens (including phenoxy) is 2. The molecule has 0 spiro atoms. The summed E-state index contributed by atoms with van der Waals surface area (Å²) < 4.78 is 11.7. The molecule has 4 heteroatoms. The maximum Gasteiger partial charge on any atom is 0.138 e. The number of aromatic nitrogens is 2. The highest BCUT2D eigenvalue weighted by Gasteiger charge is 2.38. The van der Waals surface area contributed by atoms with Gasteiger partial charge in [0.1, 0.15) is 12.4 Å². The summed E-state index contributed by atoms with van der Waals surface area (Å²) in [6, 6.07) is 18.2. The maximum atomic E-state index is 5.88. The van der Waals surface area contributed by atoms with Crippen molar-refractivity contribution in [2.45, 2.75) is 25.6 Å². The zero-order chi connectivity index (χ0) is 17.6. The average molecular weight is 346 g/mol. The summed E-state index contributed by atoms with van der Waals surface area (Å²) in [6.45, 7) is 1.89. The molecule has 1 saturated carbocycles. The van der Waals surface area contributed by atoms with Gasteiger partial charge in [-0.15, -0.1) is 0 Å². The van der Waals surface area contributed by atoms with Crippen molar-refractivity contribution >= 4 is 0 Å². The van der Waals surface area contributed by atoms with Crippen LogP contribution < -0.4 is 4.74 Å². The van der Waals surface area contributed by atoms with Crippen LogP contribution in [0.15, 0.2) is 73.2 Å². The molecule has 3 aromatic rings. The van der Waals surface area contributed by atoms with E-state index in [1.807, 2.05) is 42.6 Å². The van der Waals surface area contributed by atoms with Gasteiger partial charge in [-0.3, -0.25) is 9.97 Å². The smallest absolute Gasteiger partial charge is 0.138 e. The first-order valence-electron chi connectivity index (χ1n) is 8.98. The van der Waals surface area contributed by atoms with E-state index >= 15 is 0 Å². The third kappa shape index (κ3) is 4.46. The number of pyridine rings is 2. The van der Waals surface area contributed by atoms with Crippen LogP contribution in [-0.4, -0.2) is 16.6 Å². The van der Waals surface area contributed by atoms with Gasteiger partial charge in [0.25, 0.3) is 0 Å². The van der Waals surface area contributed by atoms with Crippen molar-refractivity contribution in [3.8, 4) is 5.75 Å². The summed E-state index contributed by atoms with van der Waals surface area (Å²) in [6.07, 6.45) is 6.66. The van der Waals surface area contributed by atoms with E-state index in [-0.39, 0.29) is 0 Å². The van der Waals surface area contributed by atoms with Gasteiger partial charge in [0.05, 0.1) is 25.1 Å². The Morgan fingerprint density at radius 2 is 1.85 bits per heavy atom. The van der Waals surface area contributed by atoms with Gasteiger partial charge in [-0.25, -0.2) is 0 Å². The normalized spacial score (nSPS) is 18.5. The van der Waals surface area contributed by atoms with Crippen LogP contribution in [0.1, 0.15) is 29.2 Å². The Kier molecular flexibility index (Phi) is 5.22. The number of hydrogen-bond acceptors (Lipinski definition) is 4. The van der Waals surface area contributed by atoms with Crippen LogP contribution in [0.25, 0.3) is 0 Å². The summed E-state index contributed by atoms with van der Waals surface area (Å²) >= 11 is 0. The first kappa shape index (κ1) is 16.7. The van der Waals surface area contributed by atoms with Crippen LogP contribution in [-0.2, 0) is 18.0 Å². The quantitative estimate of drug-likeness (QED) is 0.607. The molecule has 2 atom stereocenters. The summed E-state index contributed by atoms with van der Waals surface area (Å²) in [5.74, 6) is 1.91.